The van der Waals surface area contributed by atoms with Gasteiger partial charge in [0.15, 0.2) is 6.20 Å². The summed E-state index contributed by atoms with van der Waals surface area (Å²) in [6.07, 6.45) is 2.07. The predicted molar refractivity (Wildman–Crippen MR) is 77.9 cm³/mol. The van der Waals surface area contributed by atoms with E-state index in [1.54, 1.807) is 11.3 Å². The lowest BCUT2D eigenvalue weighted by Gasteiger charge is -1.95. The molecule has 0 amide bonds. The first-order valence-electron chi connectivity index (χ1n) is 5.14. The Hall–Kier alpha value is -0.840. The van der Waals surface area contributed by atoms with Gasteiger partial charge < -0.3 is 0 Å². The van der Waals surface area contributed by atoms with Crippen LogP contribution in [-0.4, -0.2) is 0 Å². The molecule has 1 aromatic carbocycles. The highest BCUT2D eigenvalue weighted by atomic mass is 79.9. The van der Waals surface area contributed by atoms with Crippen molar-refractivity contribution in [3.05, 3.63) is 53.1 Å². The smallest absolute Gasteiger partial charge is 0.149 e. The van der Waals surface area contributed by atoms with Crippen molar-refractivity contribution in [2.45, 2.75) is 4.21 Å². The predicted octanol–water partition coefficient (Wildman–Crippen LogP) is 4.21. The average molecular weight is 323 g/mol. The Balaban J connectivity index is 2.29. The zero-order valence-electron chi connectivity index (χ0n) is 8.80. The van der Waals surface area contributed by atoms with E-state index in [1.807, 2.05) is 12.1 Å². The Kier molecular flexibility index (Phi) is 2.94. The van der Waals surface area contributed by atoms with Crippen LogP contribution in [-0.2, 0) is 0 Å². The Morgan fingerprint density at radius 2 is 1.82 bits per heavy atom. The second-order valence-corrected chi connectivity index (χ2v) is 6.37. The Labute approximate surface area is 117 Å². The average Bonchev–Trinajstić information content (AvgIpc) is 2.66. The minimum atomic E-state index is 1.04. The molecule has 4 heteroatoms. The topological polar surface area (TPSA) is 4.10 Å². The number of pyridine rings is 1. The van der Waals surface area contributed by atoms with Crippen molar-refractivity contribution in [3.63, 3.8) is 0 Å². The van der Waals surface area contributed by atoms with Crippen LogP contribution in [0.1, 0.15) is 0 Å². The molecule has 2 aromatic heterocycles. The van der Waals surface area contributed by atoms with Crippen molar-refractivity contribution < 1.29 is 4.40 Å². The summed E-state index contributed by atoms with van der Waals surface area (Å²) >= 11 is 9.73. The molecule has 3 rings (SSSR count). The quantitative estimate of drug-likeness (QED) is 0.505. The molecule has 0 saturated heterocycles. The maximum absolute atomic E-state index is 4.58. The highest BCUT2D eigenvalue weighted by molar-refractivity contribution is 9.10. The third kappa shape index (κ3) is 2.01. The fourth-order valence-electron chi connectivity index (χ4n) is 1.82. The Bertz CT molecular complexity index is 673. The summed E-state index contributed by atoms with van der Waals surface area (Å²) < 4.78 is 4.31. The van der Waals surface area contributed by atoms with E-state index in [4.69, 9.17) is 0 Å². The molecule has 84 valence electrons. The van der Waals surface area contributed by atoms with Crippen LogP contribution in [0, 0.1) is 0 Å². The molecule has 2 heterocycles. The van der Waals surface area contributed by atoms with Gasteiger partial charge in [0.2, 0.25) is 5.69 Å². The first-order chi connectivity index (χ1) is 8.25. The summed E-state index contributed by atoms with van der Waals surface area (Å²) in [7, 11) is 0. The zero-order chi connectivity index (χ0) is 11.8. The molecule has 0 aliphatic heterocycles. The normalized spacial score (nSPS) is 10.9. The molecule has 17 heavy (non-hydrogen) atoms. The van der Waals surface area contributed by atoms with Crippen molar-refractivity contribution in [3.8, 4) is 11.3 Å². The van der Waals surface area contributed by atoms with Gasteiger partial charge in [-0.1, -0.05) is 27.3 Å². The number of aromatic nitrogens is 1. The highest BCUT2D eigenvalue weighted by Gasteiger charge is 2.19. The van der Waals surface area contributed by atoms with Gasteiger partial charge in [-0.15, -0.1) is 17.0 Å². The van der Waals surface area contributed by atoms with Crippen molar-refractivity contribution in [1.29, 1.82) is 0 Å². The summed E-state index contributed by atoms with van der Waals surface area (Å²) in [6.45, 7) is 0. The summed E-state index contributed by atoms with van der Waals surface area (Å²) in [6, 6.07) is 14.5. The van der Waals surface area contributed by atoms with E-state index in [2.05, 4.69) is 69.5 Å². The molecule has 0 aliphatic rings. The number of hydrogen-bond donors (Lipinski definition) is 1. The molecule has 1 nitrogen and oxygen atoms in total. The Morgan fingerprint density at radius 3 is 2.59 bits per heavy atom. The van der Waals surface area contributed by atoms with Gasteiger partial charge in [0.05, 0.1) is 0 Å². The van der Waals surface area contributed by atoms with Crippen LogP contribution >= 0.6 is 39.9 Å². The molecule has 0 N–H and O–H groups in total. The highest BCUT2D eigenvalue weighted by Crippen LogP contribution is 2.30. The number of halogens is 1. The standard InChI is InChI=1S/C13H8BrNS2/c14-10-6-4-9(5-7-10)12-13(16)17-11-3-1-2-8-15(11)12/h1-8H/p+1. The summed E-state index contributed by atoms with van der Waals surface area (Å²) in [5.74, 6) is 0. The number of nitrogens with zero attached hydrogens (tertiary/aromatic N) is 1. The minimum Gasteiger partial charge on any atom is -0.149 e. The van der Waals surface area contributed by atoms with E-state index >= 15 is 0 Å². The van der Waals surface area contributed by atoms with E-state index in [0.717, 1.165) is 14.4 Å². The van der Waals surface area contributed by atoms with Crippen molar-refractivity contribution >= 4 is 44.7 Å². The van der Waals surface area contributed by atoms with Gasteiger partial charge in [-0.3, -0.25) is 0 Å². The molecule has 0 spiro atoms. The third-order valence-corrected chi connectivity index (χ3v) is 4.53. The first kappa shape index (κ1) is 11.3. The van der Waals surface area contributed by atoms with Gasteiger partial charge in [0.1, 0.15) is 4.21 Å². The molecular formula is C13H9BrNS2+. The fraction of sp³-hybridized carbons (Fsp3) is 0. The van der Waals surface area contributed by atoms with Crippen LogP contribution in [0.15, 0.2) is 57.3 Å². The van der Waals surface area contributed by atoms with Gasteiger partial charge in [-0.25, -0.2) is 0 Å². The molecule has 3 aromatic rings. The first-order valence-corrected chi connectivity index (χ1v) is 7.19. The van der Waals surface area contributed by atoms with Crippen molar-refractivity contribution in [2.75, 3.05) is 0 Å². The number of fused-ring (bicyclic) bond motifs is 1. The lowest BCUT2D eigenvalue weighted by atomic mass is 10.2. The van der Waals surface area contributed by atoms with Crippen molar-refractivity contribution in [2.24, 2.45) is 0 Å². The van der Waals surface area contributed by atoms with Crippen LogP contribution < -0.4 is 4.40 Å². The monoisotopic (exact) mass is 322 g/mol. The van der Waals surface area contributed by atoms with Crippen LogP contribution in [0.25, 0.3) is 16.1 Å². The lowest BCUT2D eigenvalue weighted by molar-refractivity contribution is -0.496. The maximum atomic E-state index is 4.58. The van der Waals surface area contributed by atoms with E-state index < -0.39 is 0 Å². The summed E-state index contributed by atoms with van der Waals surface area (Å²) in [5.41, 5.74) is 2.34. The Morgan fingerprint density at radius 1 is 1.06 bits per heavy atom. The van der Waals surface area contributed by atoms with E-state index in [-0.39, 0.29) is 0 Å². The number of thiazole rings is 1. The molecule has 0 radical (unpaired) electrons. The van der Waals surface area contributed by atoms with Crippen LogP contribution in [0.4, 0.5) is 0 Å². The summed E-state index contributed by atoms with van der Waals surface area (Å²) in [4.78, 5) is 1.20. The summed E-state index contributed by atoms with van der Waals surface area (Å²) in [5, 5.41) is 0. The van der Waals surface area contributed by atoms with Gasteiger partial charge in [0.25, 0.3) is 4.83 Å². The van der Waals surface area contributed by atoms with Gasteiger partial charge >= 0.3 is 0 Å². The maximum Gasteiger partial charge on any atom is 0.268 e. The van der Waals surface area contributed by atoms with Gasteiger partial charge in [0, 0.05) is 22.2 Å². The number of benzene rings is 1. The lowest BCUT2D eigenvalue weighted by Crippen LogP contribution is -2.20. The van der Waals surface area contributed by atoms with Crippen LogP contribution in [0.2, 0.25) is 0 Å². The third-order valence-electron chi connectivity index (χ3n) is 2.58. The number of thiol groups is 1. The molecule has 0 fully saturated rings. The zero-order valence-corrected chi connectivity index (χ0v) is 12.1. The molecule has 0 aliphatic carbocycles. The van der Waals surface area contributed by atoms with Gasteiger partial charge in [-0.05, 0) is 30.3 Å². The molecular weight excluding hydrogens is 314 g/mol. The van der Waals surface area contributed by atoms with E-state index in [1.165, 1.54) is 10.4 Å². The van der Waals surface area contributed by atoms with E-state index in [0.29, 0.717) is 0 Å². The molecule has 0 saturated carbocycles. The van der Waals surface area contributed by atoms with Gasteiger partial charge in [-0.2, -0.15) is 0 Å². The second kappa shape index (κ2) is 4.44. The molecule has 0 unspecified atom stereocenters. The molecule has 0 bridgehead atoms. The van der Waals surface area contributed by atoms with E-state index in [9.17, 15) is 0 Å². The largest absolute Gasteiger partial charge is 0.268 e. The number of hydrogen-bond acceptors (Lipinski definition) is 2. The van der Waals surface area contributed by atoms with Crippen molar-refractivity contribution in [1.82, 2.24) is 0 Å². The molecule has 0 atom stereocenters. The minimum absolute atomic E-state index is 1.04. The number of rotatable bonds is 1. The fourth-order valence-corrected chi connectivity index (χ4v) is 3.51. The van der Waals surface area contributed by atoms with Crippen LogP contribution in [0.5, 0.6) is 0 Å². The van der Waals surface area contributed by atoms with Crippen LogP contribution in [0.3, 0.4) is 0 Å². The second-order valence-electron chi connectivity index (χ2n) is 3.67. The SMILES string of the molecule is Sc1sc2cccc[n+]2c1-c1ccc(Br)cc1.